The van der Waals surface area contributed by atoms with Crippen LogP contribution in [0.2, 0.25) is 0 Å². The molecule has 0 saturated heterocycles. The third-order valence-corrected chi connectivity index (χ3v) is 2.21. The summed E-state index contributed by atoms with van der Waals surface area (Å²) in [5.41, 5.74) is 0.951. The molecule has 5 heteroatoms. The molecule has 0 atom stereocenters. The van der Waals surface area contributed by atoms with Crippen LogP contribution < -0.4 is 4.74 Å². The van der Waals surface area contributed by atoms with E-state index in [-0.39, 0.29) is 0 Å². The van der Waals surface area contributed by atoms with Gasteiger partial charge in [-0.3, -0.25) is 5.10 Å². The molecule has 0 amide bonds. The standard InChI is InChI=1S/C9H8BrN3O/c1-6-5-8(13-12-6)14-9-7(10)3-2-4-11-9/h2-5H,1H3,(H,12,13). The Balaban J connectivity index is 2.23. The lowest BCUT2D eigenvalue weighted by molar-refractivity contribution is 0.440. The van der Waals surface area contributed by atoms with Crippen LogP contribution in [-0.2, 0) is 0 Å². The Morgan fingerprint density at radius 3 is 3.00 bits per heavy atom. The molecule has 0 aromatic carbocycles. The fourth-order valence-electron chi connectivity index (χ4n) is 0.991. The summed E-state index contributed by atoms with van der Waals surface area (Å²) in [5, 5.41) is 6.73. The Morgan fingerprint density at radius 1 is 1.50 bits per heavy atom. The molecule has 2 heterocycles. The number of pyridine rings is 1. The Labute approximate surface area is 89.5 Å². The minimum Gasteiger partial charge on any atom is -0.418 e. The van der Waals surface area contributed by atoms with Crippen molar-refractivity contribution in [2.75, 3.05) is 0 Å². The smallest absolute Gasteiger partial charge is 0.240 e. The molecule has 14 heavy (non-hydrogen) atoms. The van der Waals surface area contributed by atoms with Crippen LogP contribution in [0.5, 0.6) is 11.8 Å². The van der Waals surface area contributed by atoms with Gasteiger partial charge in [0, 0.05) is 18.0 Å². The highest BCUT2D eigenvalue weighted by molar-refractivity contribution is 9.10. The second-order valence-corrected chi connectivity index (χ2v) is 3.64. The third kappa shape index (κ3) is 1.93. The number of hydrogen-bond donors (Lipinski definition) is 1. The van der Waals surface area contributed by atoms with E-state index < -0.39 is 0 Å². The van der Waals surface area contributed by atoms with Gasteiger partial charge in [0.15, 0.2) is 0 Å². The van der Waals surface area contributed by atoms with Crippen molar-refractivity contribution < 1.29 is 4.74 Å². The van der Waals surface area contributed by atoms with Crippen molar-refractivity contribution in [3.63, 3.8) is 0 Å². The number of aryl methyl sites for hydroxylation is 1. The first-order valence-electron chi connectivity index (χ1n) is 4.06. The molecule has 0 saturated carbocycles. The summed E-state index contributed by atoms with van der Waals surface area (Å²) in [6.07, 6.45) is 1.67. The van der Waals surface area contributed by atoms with Crippen molar-refractivity contribution in [2.45, 2.75) is 6.92 Å². The predicted octanol–water partition coefficient (Wildman–Crippen LogP) is 2.67. The van der Waals surface area contributed by atoms with Crippen molar-refractivity contribution >= 4 is 15.9 Å². The van der Waals surface area contributed by atoms with E-state index in [1.807, 2.05) is 19.1 Å². The van der Waals surface area contributed by atoms with Crippen LogP contribution in [0.15, 0.2) is 28.9 Å². The second kappa shape index (κ2) is 3.79. The predicted molar refractivity (Wildman–Crippen MR) is 55.3 cm³/mol. The van der Waals surface area contributed by atoms with Gasteiger partial charge in [0.1, 0.15) is 0 Å². The first-order chi connectivity index (χ1) is 6.75. The lowest BCUT2D eigenvalue weighted by Crippen LogP contribution is -1.88. The molecule has 0 spiro atoms. The number of H-pyrrole nitrogens is 1. The van der Waals surface area contributed by atoms with E-state index in [4.69, 9.17) is 4.74 Å². The van der Waals surface area contributed by atoms with Crippen molar-refractivity contribution in [3.8, 4) is 11.8 Å². The summed E-state index contributed by atoms with van der Waals surface area (Å²) in [6, 6.07) is 5.50. The van der Waals surface area contributed by atoms with Crippen LogP contribution >= 0.6 is 15.9 Å². The summed E-state index contributed by atoms with van der Waals surface area (Å²) in [5.74, 6) is 1.03. The van der Waals surface area contributed by atoms with E-state index >= 15 is 0 Å². The molecule has 0 aliphatic carbocycles. The van der Waals surface area contributed by atoms with Gasteiger partial charge in [0.05, 0.1) is 4.47 Å². The van der Waals surface area contributed by atoms with E-state index in [9.17, 15) is 0 Å². The molecule has 2 aromatic heterocycles. The highest BCUT2D eigenvalue weighted by atomic mass is 79.9. The van der Waals surface area contributed by atoms with Crippen LogP contribution in [0.4, 0.5) is 0 Å². The Morgan fingerprint density at radius 2 is 2.36 bits per heavy atom. The van der Waals surface area contributed by atoms with Crippen molar-refractivity contribution in [3.05, 3.63) is 34.6 Å². The Kier molecular flexibility index (Phi) is 2.49. The third-order valence-electron chi connectivity index (χ3n) is 1.61. The fourth-order valence-corrected chi connectivity index (χ4v) is 1.33. The average molecular weight is 254 g/mol. The maximum atomic E-state index is 5.43. The quantitative estimate of drug-likeness (QED) is 0.896. The normalized spacial score (nSPS) is 10.1. The van der Waals surface area contributed by atoms with E-state index in [2.05, 4.69) is 31.1 Å². The van der Waals surface area contributed by atoms with Gasteiger partial charge >= 0.3 is 0 Å². The highest BCUT2D eigenvalue weighted by Crippen LogP contribution is 2.25. The summed E-state index contributed by atoms with van der Waals surface area (Å²) in [6.45, 7) is 1.91. The Bertz CT molecular complexity index is 441. The summed E-state index contributed by atoms with van der Waals surface area (Å²) in [4.78, 5) is 4.06. The number of aromatic nitrogens is 3. The summed E-state index contributed by atoms with van der Waals surface area (Å²) in [7, 11) is 0. The number of halogens is 1. The lowest BCUT2D eigenvalue weighted by atomic mass is 10.5. The summed E-state index contributed by atoms with van der Waals surface area (Å²) >= 11 is 3.34. The first kappa shape index (κ1) is 9.21. The van der Waals surface area contributed by atoms with Crippen LogP contribution in [0.1, 0.15) is 5.69 Å². The van der Waals surface area contributed by atoms with E-state index in [0.29, 0.717) is 11.8 Å². The minimum atomic E-state index is 0.513. The topological polar surface area (TPSA) is 50.8 Å². The van der Waals surface area contributed by atoms with Gasteiger partial charge in [0.25, 0.3) is 0 Å². The Hall–Kier alpha value is -1.36. The maximum absolute atomic E-state index is 5.43. The summed E-state index contributed by atoms with van der Waals surface area (Å²) < 4.78 is 6.24. The lowest BCUT2D eigenvalue weighted by Gasteiger charge is -2.01. The molecule has 4 nitrogen and oxygen atoms in total. The largest absolute Gasteiger partial charge is 0.418 e. The molecule has 1 N–H and O–H groups in total. The van der Waals surface area contributed by atoms with Gasteiger partial charge in [-0.25, -0.2) is 4.98 Å². The SMILES string of the molecule is Cc1cc(Oc2ncccc2Br)n[nH]1. The van der Waals surface area contributed by atoms with Gasteiger partial charge < -0.3 is 4.74 Å². The molecule has 2 aromatic rings. The average Bonchev–Trinajstić information content (AvgIpc) is 2.56. The van der Waals surface area contributed by atoms with Gasteiger partial charge in [-0.05, 0) is 35.0 Å². The fraction of sp³-hybridized carbons (Fsp3) is 0.111. The number of aromatic amines is 1. The molecule has 0 radical (unpaired) electrons. The number of nitrogens with zero attached hydrogens (tertiary/aromatic N) is 2. The number of hydrogen-bond acceptors (Lipinski definition) is 3. The zero-order valence-electron chi connectivity index (χ0n) is 7.49. The van der Waals surface area contributed by atoms with Gasteiger partial charge in [-0.15, -0.1) is 5.10 Å². The van der Waals surface area contributed by atoms with Gasteiger partial charge in [-0.2, -0.15) is 0 Å². The molecule has 72 valence electrons. The van der Waals surface area contributed by atoms with E-state index in [0.717, 1.165) is 10.2 Å². The maximum Gasteiger partial charge on any atom is 0.240 e. The van der Waals surface area contributed by atoms with E-state index in [1.54, 1.807) is 12.3 Å². The van der Waals surface area contributed by atoms with Crippen molar-refractivity contribution in [1.29, 1.82) is 0 Å². The van der Waals surface area contributed by atoms with Crippen LogP contribution in [-0.4, -0.2) is 15.2 Å². The van der Waals surface area contributed by atoms with Crippen molar-refractivity contribution in [1.82, 2.24) is 15.2 Å². The highest BCUT2D eigenvalue weighted by Gasteiger charge is 2.04. The second-order valence-electron chi connectivity index (χ2n) is 2.78. The minimum absolute atomic E-state index is 0.513. The van der Waals surface area contributed by atoms with Crippen molar-refractivity contribution in [2.24, 2.45) is 0 Å². The molecule has 0 fully saturated rings. The zero-order valence-corrected chi connectivity index (χ0v) is 9.08. The number of nitrogens with one attached hydrogen (secondary N) is 1. The zero-order chi connectivity index (χ0) is 9.97. The van der Waals surface area contributed by atoms with Crippen LogP contribution in [0, 0.1) is 6.92 Å². The molecule has 0 aliphatic rings. The van der Waals surface area contributed by atoms with Crippen LogP contribution in [0.25, 0.3) is 0 Å². The molecular weight excluding hydrogens is 246 g/mol. The van der Waals surface area contributed by atoms with Gasteiger partial charge in [0.2, 0.25) is 11.8 Å². The molecular formula is C9H8BrN3O. The monoisotopic (exact) mass is 253 g/mol. The van der Waals surface area contributed by atoms with Crippen LogP contribution in [0.3, 0.4) is 0 Å². The molecule has 0 aliphatic heterocycles. The number of ether oxygens (including phenoxy) is 1. The number of rotatable bonds is 2. The first-order valence-corrected chi connectivity index (χ1v) is 4.85. The molecule has 0 unspecified atom stereocenters. The molecule has 2 rings (SSSR count). The van der Waals surface area contributed by atoms with E-state index in [1.165, 1.54) is 0 Å². The van der Waals surface area contributed by atoms with Gasteiger partial charge in [-0.1, -0.05) is 0 Å². The molecule has 0 bridgehead atoms.